The van der Waals surface area contributed by atoms with Crippen molar-refractivity contribution < 1.29 is 0 Å². The average molecular weight is 297 g/mol. The van der Waals surface area contributed by atoms with Crippen LogP contribution in [0.2, 0.25) is 0 Å². The van der Waals surface area contributed by atoms with Gasteiger partial charge in [0, 0.05) is 16.2 Å². The molecule has 6 heteroatoms. The molecule has 0 aliphatic rings. The van der Waals surface area contributed by atoms with Crippen molar-refractivity contribution in [1.29, 1.82) is 0 Å². The molecule has 0 aromatic carbocycles. The highest BCUT2D eigenvalue weighted by Crippen LogP contribution is 2.28. The molecule has 4 nitrogen and oxygen atoms in total. The fraction of sp³-hybridized carbons (Fsp3) is 0.100. The fourth-order valence-electron chi connectivity index (χ4n) is 1.07. The van der Waals surface area contributed by atoms with Gasteiger partial charge < -0.3 is 5.73 Å². The van der Waals surface area contributed by atoms with E-state index in [4.69, 9.17) is 5.73 Å². The minimum atomic E-state index is 0.509. The predicted octanol–water partition coefficient (Wildman–Crippen LogP) is 2.68. The lowest BCUT2D eigenvalue weighted by molar-refractivity contribution is 1.00. The first kappa shape index (κ1) is 11.3. The summed E-state index contributed by atoms with van der Waals surface area (Å²) in [7, 11) is 0. The van der Waals surface area contributed by atoms with Crippen LogP contribution in [0.15, 0.2) is 39.2 Å². The summed E-state index contributed by atoms with van der Waals surface area (Å²) < 4.78 is 0.954. The smallest absolute Gasteiger partial charge is 0.130 e. The molecule has 0 aliphatic carbocycles. The topological polar surface area (TPSA) is 64.7 Å². The Morgan fingerprint density at radius 2 is 2.06 bits per heavy atom. The molecule has 16 heavy (non-hydrogen) atoms. The van der Waals surface area contributed by atoms with E-state index >= 15 is 0 Å². The molecule has 0 saturated heterocycles. The standard InChI is InChI=1S/C10H9BrN4S/c1-6-9(12)14-5-15-10(6)16-8-3-2-7(11)4-13-8/h2-5H,1H3,(H2,12,14,15). The maximum absolute atomic E-state index is 5.71. The molecular weight excluding hydrogens is 288 g/mol. The second-order valence-electron chi connectivity index (χ2n) is 3.11. The largest absolute Gasteiger partial charge is 0.383 e. The van der Waals surface area contributed by atoms with Gasteiger partial charge in [0.1, 0.15) is 22.2 Å². The third-order valence-electron chi connectivity index (χ3n) is 1.98. The van der Waals surface area contributed by atoms with Crippen molar-refractivity contribution in [1.82, 2.24) is 15.0 Å². The van der Waals surface area contributed by atoms with Crippen molar-refractivity contribution in [2.24, 2.45) is 0 Å². The molecule has 0 fully saturated rings. The van der Waals surface area contributed by atoms with Crippen LogP contribution in [-0.4, -0.2) is 15.0 Å². The van der Waals surface area contributed by atoms with Crippen LogP contribution in [0.25, 0.3) is 0 Å². The van der Waals surface area contributed by atoms with Crippen molar-refractivity contribution in [2.45, 2.75) is 17.0 Å². The van der Waals surface area contributed by atoms with E-state index in [0.717, 1.165) is 20.1 Å². The lowest BCUT2D eigenvalue weighted by Crippen LogP contribution is -1.97. The van der Waals surface area contributed by atoms with Crippen molar-refractivity contribution in [3.05, 3.63) is 34.7 Å². The highest BCUT2D eigenvalue weighted by Gasteiger charge is 2.06. The molecule has 2 rings (SSSR count). The molecule has 2 N–H and O–H groups in total. The first-order valence-electron chi connectivity index (χ1n) is 4.53. The average Bonchev–Trinajstić information content (AvgIpc) is 2.28. The summed E-state index contributed by atoms with van der Waals surface area (Å²) in [4.78, 5) is 12.4. The molecule has 82 valence electrons. The van der Waals surface area contributed by atoms with E-state index in [1.165, 1.54) is 18.1 Å². The van der Waals surface area contributed by atoms with Gasteiger partial charge in [0.15, 0.2) is 0 Å². The molecule has 0 spiro atoms. The van der Waals surface area contributed by atoms with Gasteiger partial charge in [-0.2, -0.15) is 0 Å². The summed E-state index contributed by atoms with van der Waals surface area (Å²) in [5.41, 5.74) is 6.59. The van der Waals surface area contributed by atoms with Gasteiger partial charge in [-0.1, -0.05) is 0 Å². The Morgan fingerprint density at radius 1 is 1.25 bits per heavy atom. The van der Waals surface area contributed by atoms with Gasteiger partial charge in [-0.05, 0) is 46.7 Å². The van der Waals surface area contributed by atoms with Crippen LogP contribution in [-0.2, 0) is 0 Å². The molecule has 2 aromatic rings. The van der Waals surface area contributed by atoms with Crippen LogP contribution in [0.3, 0.4) is 0 Å². The Balaban J connectivity index is 2.27. The number of nitrogens with zero attached hydrogens (tertiary/aromatic N) is 3. The summed E-state index contributed by atoms with van der Waals surface area (Å²) in [6, 6.07) is 3.86. The fourth-order valence-corrected chi connectivity index (χ4v) is 2.10. The highest BCUT2D eigenvalue weighted by atomic mass is 79.9. The number of hydrogen-bond acceptors (Lipinski definition) is 5. The summed E-state index contributed by atoms with van der Waals surface area (Å²) in [6.07, 6.45) is 3.21. The minimum Gasteiger partial charge on any atom is -0.383 e. The highest BCUT2D eigenvalue weighted by molar-refractivity contribution is 9.10. The number of hydrogen-bond donors (Lipinski definition) is 1. The number of nitrogen functional groups attached to an aromatic ring is 1. The van der Waals surface area contributed by atoms with E-state index in [0.29, 0.717) is 5.82 Å². The number of rotatable bonds is 2. The van der Waals surface area contributed by atoms with Crippen molar-refractivity contribution >= 4 is 33.5 Å². The van der Waals surface area contributed by atoms with Crippen LogP contribution in [0.4, 0.5) is 5.82 Å². The Kier molecular flexibility index (Phi) is 3.40. The van der Waals surface area contributed by atoms with Crippen LogP contribution >= 0.6 is 27.7 Å². The lowest BCUT2D eigenvalue weighted by atomic mass is 10.4. The van der Waals surface area contributed by atoms with Crippen LogP contribution in [0, 0.1) is 6.92 Å². The Labute approximate surface area is 106 Å². The summed E-state index contributed by atoms with van der Waals surface area (Å²) in [5.74, 6) is 0.509. The van der Waals surface area contributed by atoms with E-state index in [1.807, 2.05) is 19.1 Å². The summed E-state index contributed by atoms with van der Waals surface area (Å²) in [6.45, 7) is 1.90. The first-order chi connectivity index (χ1) is 7.66. The second-order valence-corrected chi connectivity index (χ2v) is 5.03. The first-order valence-corrected chi connectivity index (χ1v) is 6.14. The normalized spacial score (nSPS) is 10.4. The van der Waals surface area contributed by atoms with Gasteiger partial charge in [-0.25, -0.2) is 15.0 Å². The van der Waals surface area contributed by atoms with E-state index in [1.54, 1.807) is 6.20 Å². The third kappa shape index (κ3) is 2.51. The monoisotopic (exact) mass is 296 g/mol. The number of nitrogens with two attached hydrogens (primary N) is 1. The van der Waals surface area contributed by atoms with E-state index in [-0.39, 0.29) is 0 Å². The molecule has 0 unspecified atom stereocenters. The van der Waals surface area contributed by atoms with Gasteiger partial charge in [0.05, 0.1) is 0 Å². The van der Waals surface area contributed by atoms with Gasteiger partial charge in [-0.3, -0.25) is 0 Å². The van der Waals surface area contributed by atoms with Crippen LogP contribution < -0.4 is 5.73 Å². The molecule has 0 aliphatic heterocycles. The maximum Gasteiger partial charge on any atom is 0.130 e. The lowest BCUT2D eigenvalue weighted by Gasteiger charge is -2.04. The molecular formula is C10H9BrN4S. The maximum atomic E-state index is 5.71. The molecule has 0 atom stereocenters. The zero-order valence-corrected chi connectivity index (χ0v) is 10.9. The van der Waals surface area contributed by atoms with E-state index < -0.39 is 0 Å². The van der Waals surface area contributed by atoms with E-state index in [2.05, 4.69) is 30.9 Å². The summed E-state index contributed by atoms with van der Waals surface area (Å²) >= 11 is 4.81. The third-order valence-corrected chi connectivity index (χ3v) is 3.50. The summed E-state index contributed by atoms with van der Waals surface area (Å²) in [5, 5.41) is 1.71. The van der Waals surface area contributed by atoms with Crippen LogP contribution in [0.5, 0.6) is 0 Å². The molecule has 2 heterocycles. The quantitative estimate of drug-likeness (QED) is 0.863. The van der Waals surface area contributed by atoms with Gasteiger partial charge in [0.2, 0.25) is 0 Å². The van der Waals surface area contributed by atoms with Crippen molar-refractivity contribution in [3.63, 3.8) is 0 Å². The number of aromatic nitrogens is 3. The molecule has 0 saturated carbocycles. The predicted molar refractivity (Wildman–Crippen MR) is 67.2 cm³/mol. The Bertz CT molecular complexity index is 501. The van der Waals surface area contributed by atoms with E-state index in [9.17, 15) is 0 Å². The Morgan fingerprint density at radius 3 is 2.75 bits per heavy atom. The zero-order valence-electron chi connectivity index (χ0n) is 8.51. The molecule has 0 amide bonds. The zero-order chi connectivity index (χ0) is 11.5. The van der Waals surface area contributed by atoms with Crippen LogP contribution in [0.1, 0.15) is 5.56 Å². The molecule has 0 radical (unpaired) electrons. The van der Waals surface area contributed by atoms with Crippen molar-refractivity contribution in [2.75, 3.05) is 5.73 Å². The van der Waals surface area contributed by atoms with Crippen molar-refractivity contribution in [3.8, 4) is 0 Å². The molecule has 0 bridgehead atoms. The van der Waals surface area contributed by atoms with Gasteiger partial charge in [-0.15, -0.1) is 0 Å². The second kappa shape index (κ2) is 4.80. The SMILES string of the molecule is Cc1c(N)ncnc1Sc1ccc(Br)cn1. The van der Waals surface area contributed by atoms with Gasteiger partial charge in [0.25, 0.3) is 0 Å². The van der Waals surface area contributed by atoms with Gasteiger partial charge >= 0.3 is 0 Å². The number of anilines is 1. The number of halogens is 1. The molecule has 2 aromatic heterocycles. The Hall–Kier alpha value is -1.14. The number of pyridine rings is 1. The minimum absolute atomic E-state index is 0.509.